The molecule has 4 amide bonds. The van der Waals surface area contributed by atoms with Crippen LogP contribution in [0.15, 0.2) is 78.2 Å². The number of methoxy groups -OCH3 is 1. The summed E-state index contributed by atoms with van der Waals surface area (Å²) in [6, 6.07) is 15.1. The van der Waals surface area contributed by atoms with E-state index in [1.54, 1.807) is 36.4 Å². The highest BCUT2D eigenvalue weighted by atomic mass is 32.1. The number of ether oxygens (including phenoxy) is 1. The number of anilines is 1. The second-order valence-corrected chi connectivity index (χ2v) is 10.0. The van der Waals surface area contributed by atoms with Gasteiger partial charge in [-0.3, -0.25) is 24.1 Å². The molecule has 1 N–H and O–H groups in total. The Morgan fingerprint density at radius 2 is 1.60 bits per heavy atom. The third kappa shape index (κ3) is 6.23. The zero-order chi connectivity index (χ0) is 30.7. The van der Waals surface area contributed by atoms with Gasteiger partial charge in [0.05, 0.1) is 23.8 Å². The molecule has 5 rings (SSSR count). The second kappa shape index (κ2) is 12.0. The van der Waals surface area contributed by atoms with E-state index in [0.717, 1.165) is 33.5 Å². The molecule has 4 aromatic rings. The predicted octanol–water partition coefficient (Wildman–Crippen LogP) is 4.57. The van der Waals surface area contributed by atoms with E-state index in [4.69, 9.17) is 4.74 Å². The Morgan fingerprint density at radius 1 is 0.977 bits per heavy atom. The number of nitrogens with one attached hydrogen (secondary N) is 1. The van der Waals surface area contributed by atoms with Crippen molar-refractivity contribution in [3.05, 3.63) is 106 Å². The van der Waals surface area contributed by atoms with E-state index in [9.17, 15) is 32.3 Å². The number of aromatic nitrogens is 2. The highest BCUT2D eigenvalue weighted by Crippen LogP contribution is 2.31. The highest BCUT2D eigenvalue weighted by Gasteiger charge is 2.40. The number of hydrogen-bond acceptors (Lipinski definition) is 8. The van der Waals surface area contributed by atoms with Gasteiger partial charge in [-0.25, -0.2) is 0 Å². The largest absolute Gasteiger partial charge is 0.497 e. The molecule has 2 heterocycles. The van der Waals surface area contributed by atoms with Crippen LogP contribution in [0.3, 0.4) is 0 Å². The summed E-state index contributed by atoms with van der Waals surface area (Å²) in [7, 11) is 1.48. The lowest BCUT2D eigenvalue weighted by molar-refractivity contribution is -0.140. The molecule has 0 saturated heterocycles. The predicted molar refractivity (Wildman–Crippen MR) is 148 cm³/mol. The lowest BCUT2D eigenvalue weighted by Gasteiger charge is -2.31. The van der Waals surface area contributed by atoms with Crippen molar-refractivity contribution in [3.8, 4) is 5.75 Å². The Balaban J connectivity index is 1.49. The number of imide groups is 1. The van der Waals surface area contributed by atoms with Gasteiger partial charge >= 0.3 is 6.18 Å². The molecule has 0 aliphatic carbocycles. The molecule has 0 spiro atoms. The molecule has 1 aliphatic rings. The monoisotopic (exact) mass is 609 g/mol. The normalized spacial score (nSPS) is 13.4. The molecule has 220 valence electrons. The quantitative estimate of drug-likeness (QED) is 0.276. The zero-order valence-electron chi connectivity index (χ0n) is 22.4. The average molecular weight is 610 g/mol. The fraction of sp³-hybridized carbons (Fsp3) is 0.172. The van der Waals surface area contributed by atoms with Gasteiger partial charge in [0.25, 0.3) is 17.7 Å². The average Bonchev–Trinajstić information content (AvgIpc) is 3.60. The number of halogens is 3. The first-order valence-electron chi connectivity index (χ1n) is 12.7. The van der Waals surface area contributed by atoms with E-state index in [-0.39, 0.29) is 28.9 Å². The Hall–Kier alpha value is -5.11. The SMILES string of the molecule is COc1ccc(NC(=O)[C@@H](c2csnn2)N(Cc2ccc(C(F)(F)F)cc2)C(=O)CN2C(=O)c3ccccc3C2=O)cc1. The van der Waals surface area contributed by atoms with Crippen molar-refractivity contribution < 1.29 is 37.1 Å². The highest BCUT2D eigenvalue weighted by molar-refractivity contribution is 7.03. The molecule has 0 unspecified atom stereocenters. The van der Waals surface area contributed by atoms with E-state index in [1.165, 1.54) is 36.8 Å². The maximum absolute atomic E-state index is 13.9. The van der Waals surface area contributed by atoms with Gasteiger partial charge in [0.15, 0.2) is 6.04 Å². The van der Waals surface area contributed by atoms with Gasteiger partial charge in [0.2, 0.25) is 5.91 Å². The van der Waals surface area contributed by atoms with Crippen LogP contribution >= 0.6 is 11.5 Å². The van der Waals surface area contributed by atoms with E-state index >= 15 is 0 Å². The number of carbonyl (C=O) groups excluding carboxylic acids is 4. The van der Waals surface area contributed by atoms with Crippen molar-refractivity contribution in [3.63, 3.8) is 0 Å². The van der Waals surface area contributed by atoms with E-state index in [0.29, 0.717) is 11.4 Å². The number of fused-ring (bicyclic) bond motifs is 1. The van der Waals surface area contributed by atoms with Crippen molar-refractivity contribution in [1.82, 2.24) is 19.4 Å². The third-order valence-electron chi connectivity index (χ3n) is 6.70. The Morgan fingerprint density at radius 3 is 2.14 bits per heavy atom. The van der Waals surface area contributed by atoms with Crippen molar-refractivity contribution in [1.29, 1.82) is 0 Å². The van der Waals surface area contributed by atoms with E-state index in [2.05, 4.69) is 14.9 Å². The summed E-state index contributed by atoms with van der Waals surface area (Å²) in [6.45, 7) is -1.07. The van der Waals surface area contributed by atoms with Gasteiger partial charge in [-0.1, -0.05) is 28.8 Å². The maximum Gasteiger partial charge on any atom is 0.416 e. The first-order chi connectivity index (χ1) is 20.6. The number of benzene rings is 3. The number of carbonyl (C=O) groups is 4. The van der Waals surface area contributed by atoms with Crippen LogP contribution in [-0.4, -0.2) is 56.7 Å². The standard InChI is InChI=1S/C29H22F3N5O5S/c1-42-20-12-10-19(11-13-20)33-26(39)25(23-16-43-35-34-23)36(14-17-6-8-18(9-7-17)29(30,31)32)24(38)15-37-27(40)21-4-2-3-5-22(21)28(37)41/h2-13,16,25H,14-15H2,1H3,(H,33,39)/t25-/m1/s1. The van der Waals surface area contributed by atoms with Crippen LogP contribution < -0.4 is 10.1 Å². The minimum Gasteiger partial charge on any atom is -0.497 e. The molecule has 0 fully saturated rings. The number of hydrogen-bond donors (Lipinski definition) is 1. The summed E-state index contributed by atoms with van der Waals surface area (Å²) in [5.41, 5.74) is 0.0749. The van der Waals surface area contributed by atoms with Gasteiger partial charge in [0, 0.05) is 17.6 Å². The molecule has 1 atom stereocenters. The van der Waals surface area contributed by atoms with Gasteiger partial charge in [-0.15, -0.1) is 5.10 Å². The topological polar surface area (TPSA) is 122 Å². The summed E-state index contributed by atoms with van der Waals surface area (Å²) in [5.74, 6) is -2.35. The van der Waals surface area contributed by atoms with Crippen molar-refractivity contribution >= 4 is 40.8 Å². The molecule has 0 radical (unpaired) electrons. The first-order valence-corrected chi connectivity index (χ1v) is 13.5. The number of alkyl halides is 3. The minimum atomic E-state index is -4.58. The van der Waals surface area contributed by atoms with Crippen LogP contribution in [0.2, 0.25) is 0 Å². The Bertz CT molecular complexity index is 1630. The van der Waals surface area contributed by atoms with Gasteiger partial charge in [-0.05, 0) is 65.6 Å². The lowest BCUT2D eigenvalue weighted by Crippen LogP contribution is -2.47. The molecule has 0 saturated carbocycles. The fourth-order valence-corrected chi connectivity index (χ4v) is 5.01. The summed E-state index contributed by atoms with van der Waals surface area (Å²) in [5, 5.41) is 8.15. The smallest absolute Gasteiger partial charge is 0.416 e. The number of rotatable bonds is 9. The fourth-order valence-electron chi connectivity index (χ4n) is 4.54. The first kappa shape index (κ1) is 29.4. The molecule has 3 aromatic carbocycles. The summed E-state index contributed by atoms with van der Waals surface area (Å²) in [4.78, 5) is 55.5. The van der Waals surface area contributed by atoms with Crippen LogP contribution in [-0.2, 0) is 22.3 Å². The van der Waals surface area contributed by atoms with Crippen LogP contribution in [0.4, 0.5) is 18.9 Å². The molecule has 10 nitrogen and oxygen atoms in total. The van der Waals surface area contributed by atoms with Crippen molar-refractivity contribution in [2.45, 2.75) is 18.8 Å². The Labute approximate surface area is 246 Å². The van der Waals surface area contributed by atoms with E-state index in [1.807, 2.05) is 0 Å². The molecule has 14 heteroatoms. The third-order valence-corrected chi connectivity index (χ3v) is 7.22. The number of nitrogens with zero attached hydrogens (tertiary/aromatic N) is 4. The minimum absolute atomic E-state index is 0.0821. The number of amides is 4. The molecule has 0 bridgehead atoms. The molecule has 1 aliphatic heterocycles. The maximum atomic E-state index is 13.9. The molecule has 1 aromatic heterocycles. The van der Waals surface area contributed by atoms with E-state index < -0.39 is 48.0 Å². The summed E-state index contributed by atoms with van der Waals surface area (Å²) in [6.07, 6.45) is -4.58. The molecular weight excluding hydrogens is 587 g/mol. The van der Waals surface area contributed by atoms with Gasteiger partial charge in [0.1, 0.15) is 18.0 Å². The van der Waals surface area contributed by atoms with Crippen molar-refractivity contribution in [2.75, 3.05) is 19.0 Å². The van der Waals surface area contributed by atoms with Gasteiger partial charge < -0.3 is 15.0 Å². The van der Waals surface area contributed by atoms with Crippen LogP contribution in [0, 0.1) is 0 Å². The summed E-state index contributed by atoms with van der Waals surface area (Å²) < 4.78 is 48.5. The van der Waals surface area contributed by atoms with Crippen LogP contribution in [0.5, 0.6) is 5.75 Å². The zero-order valence-corrected chi connectivity index (χ0v) is 23.2. The Kier molecular flexibility index (Phi) is 8.21. The van der Waals surface area contributed by atoms with Crippen molar-refractivity contribution in [2.24, 2.45) is 0 Å². The van der Waals surface area contributed by atoms with Crippen LogP contribution in [0.1, 0.15) is 43.6 Å². The molecular formula is C29H22F3N5O5S. The van der Waals surface area contributed by atoms with Crippen LogP contribution in [0.25, 0.3) is 0 Å². The lowest BCUT2D eigenvalue weighted by atomic mass is 10.1. The molecule has 43 heavy (non-hydrogen) atoms. The summed E-state index contributed by atoms with van der Waals surface area (Å²) >= 11 is 0.923. The second-order valence-electron chi connectivity index (χ2n) is 9.41. The van der Waals surface area contributed by atoms with Gasteiger partial charge in [-0.2, -0.15) is 13.2 Å².